The maximum atomic E-state index is 6.39. The summed E-state index contributed by atoms with van der Waals surface area (Å²) in [5.41, 5.74) is 2.48. The van der Waals surface area contributed by atoms with Gasteiger partial charge in [-0.2, -0.15) is 0 Å². The van der Waals surface area contributed by atoms with Crippen LogP contribution in [0.15, 0.2) is 42.6 Å². The molecule has 2 aliphatic rings. The maximum Gasteiger partial charge on any atom is 0.213 e. The van der Waals surface area contributed by atoms with E-state index >= 15 is 0 Å². The summed E-state index contributed by atoms with van der Waals surface area (Å²) in [5.74, 6) is 3.74. The van der Waals surface area contributed by atoms with E-state index in [1.807, 2.05) is 24.3 Å². The zero-order chi connectivity index (χ0) is 22.1. The lowest BCUT2D eigenvalue weighted by Crippen LogP contribution is -2.25. The predicted molar refractivity (Wildman–Crippen MR) is 126 cm³/mol. The normalized spacial score (nSPS) is 22.8. The van der Waals surface area contributed by atoms with Crippen LogP contribution in [0.5, 0.6) is 5.88 Å². The van der Waals surface area contributed by atoms with Crippen molar-refractivity contribution in [3.05, 3.63) is 64.8 Å². The fourth-order valence-corrected chi connectivity index (χ4v) is 5.43. The van der Waals surface area contributed by atoms with Crippen LogP contribution in [-0.4, -0.2) is 51.4 Å². The third-order valence-electron chi connectivity index (χ3n) is 6.61. The van der Waals surface area contributed by atoms with Crippen molar-refractivity contribution in [2.45, 2.75) is 50.5 Å². The van der Waals surface area contributed by atoms with Crippen LogP contribution in [0.3, 0.4) is 0 Å². The summed E-state index contributed by atoms with van der Waals surface area (Å²) in [6.45, 7) is 1.02. The second-order valence-electron chi connectivity index (χ2n) is 9.38. The van der Waals surface area contributed by atoms with Crippen molar-refractivity contribution >= 4 is 11.6 Å². The van der Waals surface area contributed by atoms with Crippen LogP contribution in [0.25, 0.3) is 5.69 Å². The van der Waals surface area contributed by atoms with E-state index in [0.717, 1.165) is 61.7 Å². The van der Waals surface area contributed by atoms with Crippen molar-refractivity contribution < 1.29 is 4.74 Å². The summed E-state index contributed by atoms with van der Waals surface area (Å²) < 4.78 is 8.43. The summed E-state index contributed by atoms with van der Waals surface area (Å²) in [5, 5.41) is 10.2. The molecular formula is C25H30ClN5O. The molecule has 1 aromatic carbocycles. The van der Waals surface area contributed by atoms with Crippen LogP contribution in [0, 0.1) is 5.92 Å². The Balaban J connectivity index is 1.39. The first kappa shape index (κ1) is 21.4. The maximum absolute atomic E-state index is 6.39. The second kappa shape index (κ2) is 9.20. The van der Waals surface area contributed by atoms with E-state index in [-0.39, 0.29) is 6.10 Å². The Hall–Kier alpha value is -2.44. The van der Waals surface area contributed by atoms with Crippen LogP contribution in [0.2, 0.25) is 5.02 Å². The van der Waals surface area contributed by atoms with Gasteiger partial charge in [0, 0.05) is 36.2 Å². The van der Waals surface area contributed by atoms with Crippen LogP contribution in [-0.2, 0) is 12.8 Å². The zero-order valence-electron chi connectivity index (χ0n) is 18.7. The van der Waals surface area contributed by atoms with E-state index in [4.69, 9.17) is 21.4 Å². The monoisotopic (exact) mass is 451 g/mol. The van der Waals surface area contributed by atoms with E-state index in [0.29, 0.717) is 17.7 Å². The van der Waals surface area contributed by atoms with Gasteiger partial charge in [-0.05, 0) is 81.9 Å². The number of rotatable bonds is 5. The molecule has 1 aliphatic carbocycles. The van der Waals surface area contributed by atoms with Crippen molar-refractivity contribution in [1.82, 2.24) is 24.6 Å². The Labute approximate surface area is 194 Å². The number of ether oxygens (including phenoxy) is 1. The number of nitrogens with zero attached hydrogens (tertiary/aromatic N) is 5. The third-order valence-corrected chi connectivity index (χ3v) is 6.84. The molecular weight excluding hydrogens is 422 g/mol. The third kappa shape index (κ3) is 4.52. The van der Waals surface area contributed by atoms with E-state index in [9.17, 15) is 0 Å². The van der Waals surface area contributed by atoms with Crippen LogP contribution in [0.1, 0.15) is 48.8 Å². The van der Waals surface area contributed by atoms with E-state index in [2.05, 4.69) is 45.8 Å². The largest absolute Gasteiger partial charge is 0.474 e. The Morgan fingerprint density at radius 1 is 1.06 bits per heavy atom. The molecule has 6 nitrogen and oxygen atoms in total. The quantitative estimate of drug-likeness (QED) is 0.562. The standard InChI is InChI=1S/C25H30ClN5O/c1-30(2)16-17-13-19-15-20(26)8-11-22(19)31-23(14-17)28-29-25(31)18-6-9-21(10-7-18)32-24-5-3-4-12-27-24/h3-5,8,11-12,15,17-18,21H,6-7,9-10,13-14,16H2,1-2H3. The lowest BCUT2D eigenvalue weighted by molar-refractivity contribution is 0.139. The molecule has 1 saturated carbocycles. The van der Waals surface area contributed by atoms with Gasteiger partial charge in [0.2, 0.25) is 5.88 Å². The van der Waals surface area contributed by atoms with Gasteiger partial charge in [-0.15, -0.1) is 10.2 Å². The predicted octanol–water partition coefficient (Wildman–Crippen LogP) is 4.70. The van der Waals surface area contributed by atoms with Gasteiger partial charge in [-0.1, -0.05) is 17.7 Å². The average Bonchev–Trinajstić information content (AvgIpc) is 3.11. The van der Waals surface area contributed by atoms with Gasteiger partial charge in [0.1, 0.15) is 17.8 Å². The topological polar surface area (TPSA) is 56.1 Å². The molecule has 3 heterocycles. The van der Waals surface area contributed by atoms with E-state index < -0.39 is 0 Å². The highest BCUT2D eigenvalue weighted by atomic mass is 35.5. The SMILES string of the molecule is CN(C)CC1Cc2cc(Cl)ccc2-n2c(nnc2C2CCC(Oc3ccccn3)CC2)C1. The molecule has 1 atom stereocenters. The number of hydrogen-bond acceptors (Lipinski definition) is 5. The summed E-state index contributed by atoms with van der Waals surface area (Å²) in [7, 11) is 4.26. The van der Waals surface area contributed by atoms with Crippen LogP contribution < -0.4 is 4.74 Å². The molecule has 0 bridgehead atoms. The zero-order valence-corrected chi connectivity index (χ0v) is 19.5. The number of aromatic nitrogens is 4. The highest BCUT2D eigenvalue weighted by Crippen LogP contribution is 2.37. The molecule has 0 saturated heterocycles. The summed E-state index contributed by atoms with van der Waals surface area (Å²) in [6.07, 6.45) is 8.00. The number of benzene rings is 1. The molecule has 1 aliphatic heterocycles. The molecule has 5 rings (SSSR count). The molecule has 168 valence electrons. The Bertz CT molecular complexity index is 1060. The van der Waals surface area contributed by atoms with Gasteiger partial charge >= 0.3 is 0 Å². The highest BCUT2D eigenvalue weighted by molar-refractivity contribution is 6.30. The molecule has 0 radical (unpaired) electrons. The number of fused-ring (bicyclic) bond motifs is 3. The van der Waals surface area contributed by atoms with Gasteiger partial charge in [0.05, 0.1) is 5.69 Å². The van der Waals surface area contributed by atoms with Gasteiger partial charge in [-0.3, -0.25) is 4.57 Å². The molecule has 7 heteroatoms. The smallest absolute Gasteiger partial charge is 0.213 e. The summed E-state index contributed by atoms with van der Waals surface area (Å²) in [4.78, 5) is 6.56. The highest BCUT2D eigenvalue weighted by Gasteiger charge is 2.31. The van der Waals surface area contributed by atoms with Crippen LogP contribution in [0.4, 0.5) is 0 Å². The molecule has 1 fully saturated rings. The van der Waals surface area contributed by atoms with Crippen molar-refractivity contribution in [2.75, 3.05) is 20.6 Å². The number of halogens is 1. The van der Waals surface area contributed by atoms with Crippen molar-refractivity contribution in [3.8, 4) is 11.6 Å². The van der Waals surface area contributed by atoms with Crippen molar-refractivity contribution in [3.63, 3.8) is 0 Å². The minimum atomic E-state index is 0.211. The van der Waals surface area contributed by atoms with Gasteiger partial charge in [-0.25, -0.2) is 4.98 Å². The first-order valence-corrected chi connectivity index (χ1v) is 11.9. The summed E-state index contributed by atoms with van der Waals surface area (Å²) >= 11 is 6.39. The van der Waals surface area contributed by atoms with E-state index in [1.54, 1.807) is 6.20 Å². The molecule has 2 aromatic heterocycles. The first-order valence-electron chi connectivity index (χ1n) is 11.5. The van der Waals surface area contributed by atoms with Crippen LogP contribution >= 0.6 is 11.6 Å². The molecule has 0 amide bonds. The summed E-state index contributed by atoms with van der Waals surface area (Å²) in [6, 6.07) is 12.0. The number of pyridine rings is 1. The Morgan fingerprint density at radius 2 is 1.91 bits per heavy atom. The van der Waals surface area contributed by atoms with Gasteiger partial charge in [0.15, 0.2) is 0 Å². The minimum absolute atomic E-state index is 0.211. The molecule has 32 heavy (non-hydrogen) atoms. The van der Waals surface area contributed by atoms with E-state index in [1.165, 1.54) is 11.3 Å². The lowest BCUT2D eigenvalue weighted by Gasteiger charge is -2.28. The molecule has 3 aromatic rings. The molecule has 0 N–H and O–H groups in total. The van der Waals surface area contributed by atoms with Gasteiger partial charge < -0.3 is 9.64 Å². The second-order valence-corrected chi connectivity index (χ2v) is 9.82. The minimum Gasteiger partial charge on any atom is -0.474 e. The van der Waals surface area contributed by atoms with Crippen molar-refractivity contribution in [2.24, 2.45) is 5.92 Å². The average molecular weight is 452 g/mol. The Morgan fingerprint density at radius 3 is 2.66 bits per heavy atom. The Kier molecular flexibility index (Phi) is 6.15. The number of hydrogen-bond donors (Lipinski definition) is 0. The molecule has 1 unspecified atom stereocenters. The first-order chi connectivity index (χ1) is 15.6. The lowest BCUT2D eigenvalue weighted by atomic mass is 9.86. The molecule has 0 spiro atoms. The van der Waals surface area contributed by atoms with Gasteiger partial charge in [0.25, 0.3) is 0 Å². The fraction of sp³-hybridized carbons (Fsp3) is 0.480. The fourth-order valence-electron chi connectivity index (χ4n) is 5.24. The van der Waals surface area contributed by atoms with Crippen molar-refractivity contribution in [1.29, 1.82) is 0 Å².